The molecule has 3 aliphatic rings. The first-order valence-electron chi connectivity index (χ1n) is 9.42. The van der Waals surface area contributed by atoms with E-state index in [9.17, 15) is 5.11 Å². The van der Waals surface area contributed by atoms with Crippen LogP contribution in [0.2, 0.25) is 0 Å². The number of piperidine rings is 1. The number of rotatable bonds is 5. The van der Waals surface area contributed by atoms with Crippen molar-refractivity contribution in [3.8, 4) is 0 Å². The van der Waals surface area contributed by atoms with Crippen molar-refractivity contribution in [1.82, 2.24) is 4.90 Å². The largest absolute Gasteiger partial charge is 0.490 e. The van der Waals surface area contributed by atoms with Crippen molar-refractivity contribution < 1.29 is 9.84 Å². The number of aliphatic hydroxyl groups is 1. The van der Waals surface area contributed by atoms with Gasteiger partial charge in [-0.25, -0.2) is 0 Å². The van der Waals surface area contributed by atoms with Gasteiger partial charge in [0.05, 0.1) is 0 Å². The molecule has 4 heteroatoms. The van der Waals surface area contributed by atoms with Crippen LogP contribution in [-0.2, 0) is 11.3 Å². The molecular weight excluding hydrogens is 346 g/mol. The van der Waals surface area contributed by atoms with Gasteiger partial charge in [-0.2, -0.15) is 0 Å². The van der Waals surface area contributed by atoms with Gasteiger partial charge in [-0.3, -0.25) is 4.90 Å². The van der Waals surface area contributed by atoms with Crippen LogP contribution < -0.4 is 0 Å². The molecule has 0 atom stereocenters. The van der Waals surface area contributed by atoms with Crippen LogP contribution in [0, 0.1) is 0 Å². The van der Waals surface area contributed by atoms with Crippen molar-refractivity contribution in [2.75, 3.05) is 19.7 Å². The minimum Gasteiger partial charge on any atom is -0.490 e. The zero-order valence-corrected chi connectivity index (χ0v) is 16.0. The van der Waals surface area contributed by atoms with E-state index >= 15 is 0 Å². The minimum atomic E-state index is -0.700. The first-order valence-corrected chi connectivity index (χ1v) is 9.42. The Bertz CT molecular complexity index is 700. The van der Waals surface area contributed by atoms with Gasteiger partial charge in [-0.1, -0.05) is 42.5 Å². The van der Waals surface area contributed by atoms with Crippen LogP contribution in [-0.4, -0.2) is 35.3 Å². The van der Waals surface area contributed by atoms with Crippen LogP contribution in [0.1, 0.15) is 37.7 Å². The molecule has 26 heavy (non-hydrogen) atoms. The highest BCUT2D eigenvalue weighted by Gasteiger charge is 2.33. The number of halogens is 1. The van der Waals surface area contributed by atoms with Crippen molar-refractivity contribution in [3.63, 3.8) is 0 Å². The monoisotopic (exact) mass is 373 g/mol. The maximum absolute atomic E-state index is 10.9. The lowest BCUT2D eigenvalue weighted by molar-refractivity contribution is -0.0676. The molecule has 2 aliphatic carbocycles. The molecule has 1 heterocycles. The lowest BCUT2D eigenvalue weighted by Crippen LogP contribution is -2.46. The number of benzene rings is 1. The molecule has 0 bridgehead atoms. The maximum Gasteiger partial charge on any atom is 0.122 e. The minimum absolute atomic E-state index is 0. The molecule has 1 aromatic rings. The van der Waals surface area contributed by atoms with Crippen molar-refractivity contribution in [2.45, 2.75) is 44.2 Å². The van der Waals surface area contributed by atoms with Gasteiger partial charge in [0, 0.05) is 19.6 Å². The summed E-state index contributed by atoms with van der Waals surface area (Å²) in [5, 5.41) is 10.9. The highest BCUT2D eigenvalue weighted by molar-refractivity contribution is 5.85. The summed E-state index contributed by atoms with van der Waals surface area (Å²) in [6, 6.07) is 10.6. The molecule has 0 saturated carbocycles. The third-order valence-corrected chi connectivity index (χ3v) is 5.61. The molecule has 1 aliphatic heterocycles. The second-order valence-corrected chi connectivity index (χ2v) is 7.49. The molecule has 1 aromatic carbocycles. The Balaban J connectivity index is 0.00000196. The normalized spacial score (nSPS) is 21.8. The van der Waals surface area contributed by atoms with Gasteiger partial charge in [-0.05, 0) is 54.9 Å². The quantitative estimate of drug-likeness (QED) is 0.831. The molecule has 4 rings (SSSR count). The summed E-state index contributed by atoms with van der Waals surface area (Å²) in [6.07, 6.45) is 11.4. The molecule has 0 spiro atoms. The summed E-state index contributed by atoms with van der Waals surface area (Å²) in [5.41, 5.74) is 3.41. The van der Waals surface area contributed by atoms with E-state index in [1.807, 2.05) is 0 Å². The van der Waals surface area contributed by atoms with E-state index in [2.05, 4.69) is 53.5 Å². The molecule has 1 saturated heterocycles. The van der Waals surface area contributed by atoms with Crippen LogP contribution in [0.3, 0.4) is 0 Å². The first-order chi connectivity index (χ1) is 12.2. The molecule has 3 nitrogen and oxygen atoms in total. The third-order valence-electron chi connectivity index (χ3n) is 5.61. The molecule has 0 aromatic heterocycles. The number of hydrogen-bond donors (Lipinski definition) is 1. The molecular formula is C22H28ClNO2. The Morgan fingerprint density at radius 1 is 1.12 bits per heavy atom. The number of hydrogen-bond acceptors (Lipinski definition) is 3. The third kappa shape index (κ3) is 4.40. The van der Waals surface area contributed by atoms with E-state index in [-0.39, 0.29) is 12.4 Å². The molecule has 0 radical (unpaired) electrons. The number of ether oxygens (including phenoxy) is 1. The second-order valence-electron chi connectivity index (χ2n) is 7.49. The van der Waals surface area contributed by atoms with E-state index in [0.29, 0.717) is 6.61 Å². The van der Waals surface area contributed by atoms with Gasteiger partial charge in [-0.15, -0.1) is 12.4 Å². The number of nitrogens with zero attached hydrogens (tertiary/aromatic N) is 1. The van der Waals surface area contributed by atoms with E-state index in [1.165, 1.54) is 16.7 Å². The molecule has 140 valence electrons. The van der Waals surface area contributed by atoms with Gasteiger partial charge in [0.1, 0.15) is 18.0 Å². The van der Waals surface area contributed by atoms with E-state index < -0.39 is 5.60 Å². The van der Waals surface area contributed by atoms with Crippen molar-refractivity contribution >= 4 is 12.4 Å². The predicted octanol–water partition coefficient (Wildman–Crippen LogP) is 4.39. The Morgan fingerprint density at radius 2 is 1.88 bits per heavy atom. The Morgan fingerprint density at radius 3 is 2.65 bits per heavy atom. The standard InChI is InChI=1S/C22H27NO2.ClH/c24-22(17-25-21-11-5-9-19-8-4-10-20(19)21)12-14-23(15-13-22)16-18-6-2-1-3-7-18;/h1-3,5-8,11,24H,4,9-10,12-17H2;1H. The van der Waals surface area contributed by atoms with E-state index in [1.54, 1.807) is 0 Å². The van der Waals surface area contributed by atoms with E-state index in [4.69, 9.17) is 4.74 Å². The lowest BCUT2D eigenvalue weighted by atomic mass is 9.92. The summed E-state index contributed by atoms with van der Waals surface area (Å²) in [6.45, 7) is 3.20. The average Bonchev–Trinajstić information content (AvgIpc) is 3.12. The zero-order chi connectivity index (χ0) is 17.1. The Hall–Kier alpha value is -1.55. The predicted molar refractivity (Wildman–Crippen MR) is 107 cm³/mol. The van der Waals surface area contributed by atoms with Crippen LogP contribution in [0.15, 0.2) is 65.5 Å². The van der Waals surface area contributed by atoms with Crippen molar-refractivity contribution in [2.24, 2.45) is 0 Å². The lowest BCUT2D eigenvalue weighted by Gasteiger charge is -2.38. The smallest absolute Gasteiger partial charge is 0.122 e. The van der Waals surface area contributed by atoms with Gasteiger partial charge in [0.2, 0.25) is 0 Å². The molecule has 1 N–H and O–H groups in total. The van der Waals surface area contributed by atoms with Gasteiger partial charge < -0.3 is 9.84 Å². The number of likely N-dealkylation sites (tertiary alicyclic amines) is 1. The van der Waals surface area contributed by atoms with Crippen LogP contribution in [0.4, 0.5) is 0 Å². The Labute approximate surface area is 162 Å². The van der Waals surface area contributed by atoms with Crippen molar-refractivity contribution in [1.29, 1.82) is 0 Å². The maximum atomic E-state index is 10.9. The fourth-order valence-corrected chi connectivity index (χ4v) is 4.02. The van der Waals surface area contributed by atoms with Crippen LogP contribution in [0.5, 0.6) is 0 Å². The topological polar surface area (TPSA) is 32.7 Å². The highest BCUT2D eigenvalue weighted by Crippen LogP contribution is 2.35. The number of allylic oxidation sites excluding steroid dienone is 5. The summed E-state index contributed by atoms with van der Waals surface area (Å²) in [4.78, 5) is 2.42. The van der Waals surface area contributed by atoms with Crippen LogP contribution >= 0.6 is 12.4 Å². The van der Waals surface area contributed by atoms with E-state index in [0.717, 1.165) is 57.5 Å². The SMILES string of the molecule is Cl.OC1(COC2=C3CCC=C3CC=C2)CCN(Cc2ccccc2)CC1. The summed E-state index contributed by atoms with van der Waals surface area (Å²) >= 11 is 0. The summed E-state index contributed by atoms with van der Waals surface area (Å²) < 4.78 is 6.08. The summed E-state index contributed by atoms with van der Waals surface area (Å²) in [5.74, 6) is 0.982. The fourth-order valence-electron chi connectivity index (χ4n) is 4.02. The molecule has 1 fully saturated rings. The highest BCUT2D eigenvalue weighted by atomic mass is 35.5. The summed E-state index contributed by atoms with van der Waals surface area (Å²) in [7, 11) is 0. The molecule has 0 amide bonds. The van der Waals surface area contributed by atoms with Crippen molar-refractivity contribution in [3.05, 3.63) is 71.0 Å². The van der Waals surface area contributed by atoms with Crippen LogP contribution in [0.25, 0.3) is 0 Å². The number of fused-ring (bicyclic) bond motifs is 1. The van der Waals surface area contributed by atoms with Gasteiger partial charge in [0.15, 0.2) is 0 Å². The molecule has 0 unspecified atom stereocenters. The van der Waals surface area contributed by atoms with Gasteiger partial charge >= 0.3 is 0 Å². The average molecular weight is 374 g/mol. The first kappa shape index (κ1) is 19.2. The zero-order valence-electron chi connectivity index (χ0n) is 15.2. The van der Waals surface area contributed by atoms with Gasteiger partial charge in [0.25, 0.3) is 0 Å². The second kappa shape index (κ2) is 8.43. The Kier molecular flexibility index (Phi) is 6.23. The fraction of sp³-hybridized carbons (Fsp3) is 0.455.